The number of aromatic nitrogens is 2. The molecule has 0 N–H and O–H groups in total. The van der Waals surface area contributed by atoms with Gasteiger partial charge < -0.3 is 4.57 Å². The quantitative estimate of drug-likeness (QED) is 0.213. The first-order chi connectivity index (χ1) is 20.8. The van der Waals surface area contributed by atoms with Crippen molar-refractivity contribution < 1.29 is 0 Å². The van der Waals surface area contributed by atoms with Crippen LogP contribution < -0.4 is 0 Å². The number of hydrogen-bond donors (Lipinski definition) is 0. The zero-order valence-electron chi connectivity index (χ0n) is 22.7. The largest absolute Gasteiger partial charge is 0.307 e. The van der Waals surface area contributed by atoms with Gasteiger partial charge in [0.25, 0.3) is 0 Å². The highest BCUT2D eigenvalue weighted by molar-refractivity contribution is 7.26. The predicted octanol–water partition coefficient (Wildman–Crippen LogP) is 11.0. The average Bonchev–Trinajstić information content (AvgIpc) is 3.60. The Balaban J connectivity index is 1.36. The van der Waals surface area contributed by atoms with Crippen molar-refractivity contribution in [3.63, 3.8) is 0 Å². The van der Waals surface area contributed by atoms with Gasteiger partial charge in [-0.25, -0.2) is 4.98 Å². The van der Waals surface area contributed by atoms with Crippen LogP contribution in [0.4, 0.5) is 0 Å². The second kappa shape index (κ2) is 9.13. The molecule has 0 aliphatic carbocycles. The normalized spacial score (nSPS) is 11.8. The Bertz CT molecular complexity index is 2470. The number of nitrogens with zero attached hydrogens (tertiary/aromatic N) is 2. The van der Waals surface area contributed by atoms with Crippen LogP contribution in [0.2, 0.25) is 0 Å². The van der Waals surface area contributed by atoms with Gasteiger partial charge in [-0.1, -0.05) is 97.1 Å². The molecular formula is C39H24N2S. The molecule has 0 spiro atoms. The minimum atomic E-state index is 0.988. The van der Waals surface area contributed by atoms with Crippen LogP contribution in [0.15, 0.2) is 146 Å². The summed E-state index contributed by atoms with van der Waals surface area (Å²) in [5.74, 6) is 0. The molecular weight excluding hydrogens is 529 g/mol. The summed E-state index contributed by atoms with van der Waals surface area (Å²) in [5, 5.41) is 6.27. The Labute approximate surface area is 246 Å². The molecule has 3 heteroatoms. The highest BCUT2D eigenvalue weighted by Crippen LogP contribution is 2.43. The number of rotatable bonds is 3. The van der Waals surface area contributed by atoms with Crippen LogP contribution in [0, 0.1) is 0 Å². The molecule has 0 bridgehead atoms. The maximum absolute atomic E-state index is 5.29. The molecule has 0 fully saturated rings. The standard InChI is InChI=1S/C39H24N2S/c1-2-10-26(11-3-1)33-20-21-34-38(40-33)32-19-22-36-37(31-15-6-7-16-35(31)42-36)39(32)41(34)30-14-8-13-28(24-30)29-18-17-25-9-4-5-12-27(25)23-29/h1-24H. The van der Waals surface area contributed by atoms with Gasteiger partial charge in [-0.3, -0.25) is 0 Å². The maximum Gasteiger partial charge on any atom is 0.0971 e. The smallest absolute Gasteiger partial charge is 0.0971 e. The fourth-order valence-corrected chi connectivity index (χ4v) is 7.51. The van der Waals surface area contributed by atoms with Gasteiger partial charge in [0.1, 0.15) is 0 Å². The molecule has 2 nitrogen and oxygen atoms in total. The second-order valence-electron chi connectivity index (χ2n) is 10.8. The summed E-state index contributed by atoms with van der Waals surface area (Å²) in [4.78, 5) is 5.29. The van der Waals surface area contributed by atoms with E-state index in [4.69, 9.17) is 4.98 Å². The molecule has 3 aromatic heterocycles. The monoisotopic (exact) mass is 552 g/mol. The van der Waals surface area contributed by atoms with Crippen molar-refractivity contribution in [2.24, 2.45) is 0 Å². The summed E-state index contributed by atoms with van der Waals surface area (Å²) >= 11 is 1.86. The fourth-order valence-electron chi connectivity index (χ4n) is 6.40. The molecule has 42 heavy (non-hydrogen) atoms. The first kappa shape index (κ1) is 23.5. The van der Waals surface area contributed by atoms with Gasteiger partial charge in [0.05, 0.1) is 22.2 Å². The van der Waals surface area contributed by atoms with Gasteiger partial charge in [0, 0.05) is 36.8 Å². The van der Waals surface area contributed by atoms with E-state index < -0.39 is 0 Å². The lowest BCUT2D eigenvalue weighted by atomic mass is 10.0. The third-order valence-corrected chi connectivity index (χ3v) is 9.50. The number of thiophene rings is 1. The molecule has 9 aromatic rings. The molecule has 0 aliphatic heterocycles. The topological polar surface area (TPSA) is 17.8 Å². The van der Waals surface area contributed by atoms with E-state index >= 15 is 0 Å². The van der Waals surface area contributed by atoms with Crippen LogP contribution in [-0.4, -0.2) is 9.55 Å². The van der Waals surface area contributed by atoms with E-state index in [2.05, 4.69) is 150 Å². The van der Waals surface area contributed by atoms with Crippen molar-refractivity contribution in [3.8, 4) is 28.1 Å². The summed E-state index contributed by atoms with van der Waals surface area (Å²) in [6.45, 7) is 0. The average molecular weight is 553 g/mol. The Morgan fingerprint density at radius 1 is 0.500 bits per heavy atom. The van der Waals surface area contributed by atoms with Crippen molar-refractivity contribution in [1.82, 2.24) is 9.55 Å². The van der Waals surface area contributed by atoms with Gasteiger partial charge in [0.2, 0.25) is 0 Å². The minimum absolute atomic E-state index is 0.988. The van der Waals surface area contributed by atoms with E-state index in [9.17, 15) is 0 Å². The van der Waals surface area contributed by atoms with Gasteiger partial charge in [-0.2, -0.15) is 0 Å². The van der Waals surface area contributed by atoms with E-state index in [1.54, 1.807) is 0 Å². The Kier molecular flexibility index (Phi) is 5.10. The summed E-state index contributed by atoms with van der Waals surface area (Å²) in [6.07, 6.45) is 0. The first-order valence-corrected chi connectivity index (χ1v) is 15.0. The Morgan fingerprint density at radius 3 is 2.21 bits per heavy atom. The molecule has 9 rings (SSSR count). The van der Waals surface area contributed by atoms with Crippen molar-refractivity contribution in [1.29, 1.82) is 0 Å². The van der Waals surface area contributed by atoms with E-state index in [0.29, 0.717) is 0 Å². The fraction of sp³-hybridized carbons (Fsp3) is 0. The summed E-state index contributed by atoms with van der Waals surface area (Å²) in [7, 11) is 0. The Hall–Kier alpha value is -5.25. The predicted molar refractivity (Wildman–Crippen MR) is 180 cm³/mol. The first-order valence-electron chi connectivity index (χ1n) is 14.2. The lowest BCUT2D eigenvalue weighted by Crippen LogP contribution is -1.95. The highest BCUT2D eigenvalue weighted by atomic mass is 32.1. The molecule has 196 valence electrons. The molecule has 0 atom stereocenters. The summed E-state index contributed by atoms with van der Waals surface area (Å²) in [5.41, 5.74) is 9.02. The van der Waals surface area contributed by atoms with Crippen LogP contribution in [0.25, 0.3) is 81.0 Å². The van der Waals surface area contributed by atoms with Gasteiger partial charge in [-0.05, 0) is 70.4 Å². The lowest BCUT2D eigenvalue weighted by molar-refractivity contribution is 1.18. The third kappa shape index (κ3) is 3.54. The molecule has 0 aliphatic rings. The molecule has 0 saturated carbocycles. The number of fused-ring (bicyclic) bond motifs is 8. The molecule has 0 unspecified atom stereocenters. The number of pyridine rings is 1. The number of hydrogen-bond acceptors (Lipinski definition) is 2. The Morgan fingerprint density at radius 2 is 1.29 bits per heavy atom. The van der Waals surface area contributed by atoms with Gasteiger partial charge >= 0.3 is 0 Å². The summed E-state index contributed by atoms with van der Waals surface area (Å²) < 4.78 is 5.03. The van der Waals surface area contributed by atoms with Gasteiger partial charge in [0.15, 0.2) is 0 Å². The molecule has 0 amide bonds. The van der Waals surface area contributed by atoms with Crippen LogP contribution >= 0.6 is 11.3 Å². The molecule has 0 radical (unpaired) electrons. The maximum atomic E-state index is 5.29. The molecule has 0 saturated heterocycles. The van der Waals surface area contributed by atoms with Crippen LogP contribution in [0.3, 0.4) is 0 Å². The van der Waals surface area contributed by atoms with Crippen LogP contribution in [-0.2, 0) is 0 Å². The molecule has 3 heterocycles. The van der Waals surface area contributed by atoms with E-state index in [1.807, 2.05) is 11.3 Å². The van der Waals surface area contributed by atoms with Crippen LogP contribution in [0.1, 0.15) is 0 Å². The van der Waals surface area contributed by atoms with Crippen molar-refractivity contribution in [2.45, 2.75) is 0 Å². The van der Waals surface area contributed by atoms with Crippen molar-refractivity contribution in [3.05, 3.63) is 146 Å². The van der Waals surface area contributed by atoms with Gasteiger partial charge in [-0.15, -0.1) is 11.3 Å². The highest BCUT2D eigenvalue weighted by Gasteiger charge is 2.20. The van der Waals surface area contributed by atoms with Crippen LogP contribution in [0.5, 0.6) is 0 Å². The van der Waals surface area contributed by atoms with Crippen molar-refractivity contribution >= 4 is 64.2 Å². The summed E-state index contributed by atoms with van der Waals surface area (Å²) in [6, 6.07) is 52.4. The lowest BCUT2D eigenvalue weighted by Gasteiger charge is -2.12. The third-order valence-electron chi connectivity index (χ3n) is 8.37. The second-order valence-corrected chi connectivity index (χ2v) is 11.9. The van der Waals surface area contributed by atoms with E-state index in [1.165, 1.54) is 53.0 Å². The molecule has 6 aromatic carbocycles. The zero-order chi connectivity index (χ0) is 27.6. The van der Waals surface area contributed by atoms with E-state index in [0.717, 1.165) is 28.0 Å². The zero-order valence-corrected chi connectivity index (χ0v) is 23.5. The van der Waals surface area contributed by atoms with E-state index in [-0.39, 0.29) is 0 Å². The SMILES string of the molecule is c1ccc(-c2ccc3c(n2)c2ccc4sc5ccccc5c4c2n3-c2cccc(-c3ccc4ccccc4c3)c2)cc1. The van der Waals surface area contributed by atoms with Crippen molar-refractivity contribution in [2.75, 3.05) is 0 Å². The minimum Gasteiger partial charge on any atom is -0.307 e. The number of benzene rings is 6.